The number of carbonyl (C=O) groups is 2. The summed E-state index contributed by atoms with van der Waals surface area (Å²) in [5.74, 6) is -0.349. The number of piperidine rings is 1. The number of carbonyl (C=O) groups excluding carboxylic acids is 2. The Hall–Kier alpha value is -2.83. The van der Waals surface area contributed by atoms with Gasteiger partial charge in [-0.05, 0) is 45.7 Å². The fourth-order valence-corrected chi connectivity index (χ4v) is 3.12. The second kappa shape index (κ2) is 7.82. The third-order valence-electron chi connectivity index (χ3n) is 4.39. The summed E-state index contributed by atoms with van der Waals surface area (Å²) < 4.78 is 7.29. The minimum Gasteiger partial charge on any atom is -0.444 e. The number of nitrogens with zero attached hydrogens (tertiary/aromatic N) is 3. The molecule has 2 aromatic rings. The summed E-state index contributed by atoms with van der Waals surface area (Å²) in [5.41, 5.74) is 1.02. The second-order valence-corrected chi connectivity index (χ2v) is 7.74. The van der Waals surface area contributed by atoms with E-state index in [1.54, 1.807) is 17.4 Å². The average molecular weight is 370 g/mol. The van der Waals surface area contributed by atoms with Gasteiger partial charge in [0.05, 0.1) is 23.6 Å². The number of hydrogen-bond donors (Lipinski definition) is 1. The summed E-state index contributed by atoms with van der Waals surface area (Å²) in [7, 11) is 0. The van der Waals surface area contributed by atoms with E-state index in [-0.39, 0.29) is 17.9 Å². The van der Waals surface area contributed by atoms with Crippen molar-refractivity contribution >= 4 is 17.7 Å². The molecule has 1 fully saturated rings. The standard InChI is InChI=1S/C20H26N4O3/c1-20(2,3)27-19(26)23-11-6-7-15(13-23)18(25)22-16-8-4-5-9-17(16)24-12-10-21-14-24/h4-5,8-10,12,14-15H,6-7,11,13H2,1-3H3,(H,22,25). The predicted octanol–water partition coefficient (Wildman–Crippen LogP) is 3.46. The molecule has 27 heavy (non-hydrogen) atoms. The smallest absolute Gasteiger partial charge is 0.410 e. The SMILES string of the molecule is CC(C)(C)OC(=O)N1CCCC(C(=O)Nc2ccccc2-n2ccnc2)C1. The summed E-state index contributed by atoms with van der Waals surface area (Å²) in [4.78, 5) is 30.8. The molecule has 2 heterocycles. The topological polar surface area (TPSA) is 76.5 Å². The van der Waals surface area contributed by atoms with Crippen molar-refractivity contribution in [2.45, 2.75) is 39.2 Å². The summed E-state index contributed by atoms with van der Waals surface area (Å²) in [5, 5.41) is 3.01. The molecule has 0 radical (unpaired) electrons. The van der Waals surface area contributed by atoms with Gasteiger partial charge in [0.25, 0.3) is 0 Å². The number of nitrogens with one attached hydrogen (secondary N) is 1. The zero-order chi connectivity index (χ0) is 19.4. The number of anilines is 1. The van der Waals surface area contributed by atoms with E-state index in [0.717, 1.165) is 24.2 Å². The lowest BCUT2D eigenvalue weighted by Crippen LogP contribution is -2.45. The molecule has 1 aliphatic heterocycles. The fourth-order valence-electron chi connectivity index (χ4n) is 3.12. The number of para-hydroxylation sites is 2. The van der Waals surface area contributed by atoms with Crippen LogP contribution in [-0.2, 0) is 9.53 Å². The minimum absolute atomic E-state index is 0.0872. The first-order valence-corrected chi connectivity index (χ1v) is 9.19. The average Bonchev–Trinajstić information content (AvgIpc) is 3.15. The first-order valence-electron chi connectivity index (χ1n) is 9.19. The van der Waals surface area contributed by atoms with E-state index in [1.165, 1.54) is 0 Å². The Labute approximate surface area is 159 Å². The molecular weight excluding hydrogens is 344 g/mol. The van der Waals surface area contributed by atoms with Crippen LogP contribution < -0.4 is 5.32 Å². The van der Waals surface area contributed by atoms with Crippen molar-refractivity contribution in [1.29, 1.82) is 0 Å². The number of benzene rings is 1. The summed E-state index contributed by atoms with van der Waals surface area (Å²) in [6.07, 6.45) is 6.38. The maximum atomic E-state index is 12.8. The number of hydrogen-bond acceptors (Lipinski definition) is 4. The van der Waals surface area contributed by atoms with Gasteiger partial charge in [-0.15, -0.1) is 0 Å². The third kappa shape index (κ3) is 4.87. The van der Waals surface area contributed by atoms with Gasteiger partial charge < -0.3 is 19.5 Å². The van der Waals surface area contributed by atoms with Crippen LogP contribution in [0.15, 0.2) is 43.0 Å². The van der Waals surface area contributed by atoms with E-state index in [0.29, 0.717) is 13.1 Å². The molecule has 1 aliphatic rings. The molecule has 1 unspecified atom stereocenters. The highest BCUT2D eigenvalue weighted by atomic mass is 16.6. The molecule has 1 atom stereocenters. The highest BCUT2D eigenvalue weighted by Crippen LogP contribution is 2.24. The molecule has 3 rings (SSSR count). The summed E-state index contributed by atoms with van der Waals surface area (Å²) >= 11 is 0. The van der Waals surface area contributed by atoms with Crippen molar-refractivity contribution in [3.63, 3.8) is 0 Å². The number of amides is 2. The lowest BCUT2D eigenvalue weighted by atomic mass is 9.97. The van der Waals surface area contributed by atoms with Gasteiger partial charge in [0.15, 0.2) is 0 Å². The Kier molecular flexibility index (Phi) is 5.48. The molecule has 2 amide bonds. The van der Waals surface area contributed by atoms with Gasteiger partial charge >= 0.3 is 6.09 Å². The number of likely N-dealkylation sites (tertiary alicyclic amines) is 1. The van der Waals surface area contributed by atoms with Gasteiger partial charge in [0, 0.05) is 25.5 Å². The van der Waals surface area contributed by atoms with Crippen LogP contribution in [0.25, 0.3) is 5.69 Å². The maximum Gasteiger partial charge on any atom is 0.410 e. The van der Waals surface area contributed by atoms with Crippen LogP contribution in [0.2, 0.25) is 0 Å². The molecule has 0 spiro atoms. The van der Waals surface area contributed by atoms with E-state index in [2.05, 4.69) is 10.3 Å². The molecule has 0 saturated carbocycles. The molecule has 1 aromatic heterocycles. The van der Waals surface area contributed by atoms with E-state index in [1.807, 2.05) is 55.8 Å². The molecule has 0 bridgehead atoms. The van der Waals surface area contributed by atoms with E-state index < -0.39 is 5.60 Å². The van der Waals surface area contributed by atoms with Crippen molar-refractivity contribution in [1.82, 2.24) is 14.5 Å². The van der Waals surface area contributed by atoms with Crippen molar-refractivity contribution < 1.29 is 14.3 Å². The van der Waals surface area contributed by atoms with Crippen molar-refractivity contribution in [3.05, 3.63) is 43.0 Å². The van der Waals surface area contributed by atoms with Gasteiger partial charge in [-0.25, -0.2) is 9.78 Å². The van der Waals surface area contributed by atoms with E-state index in [4.69, 9.17) is 4.74 Å². The Morgan fingerprint density at radius 3 is 2.74 bits per heavy atom. The van der Waals surface area contributed by atoms with E-state index >= 15 is 0 Å². The van der Waals surface area contributed by atoms with Crippen LogP contribution in [-0.4, -0.2) is 45.1 Å². The Bertz CT molecular complexity index is 796. The van der Waals surface area contributed by atoms with Crippen LogP contribution in [0.3, 0.4) is 0 Å². The first kappa shape index (κ1) is 18.9. The molecule has 7 nitrogen and oxygen atoms in total. The lowest BCUT2D eigenvalue weighted by molar-refractivity contribution is -0.121. The monoisotopic (exact) mass is 370 g/mol. The van der Waals surface area contributed by atoms with Crippen molar-refractivity contribution in [2.75, 3.05) is 18.4 Å². The maximum absolute atomic E-state index is 12.8. The zero-order valence-corrected chi connectivity index (χ0v) is 16.0. The molecule has 0 aliphatic carbocycles. The van der Waals surface area contributed by atoms with Crippen molar-refractivity contribution in [3.8, 4) is 5.69 Å². The normalized spacial score (nSPS) is 17.4. The summed E-state index contributed by atoms with van der Waals surface area (Å²) in [6.45, 7) is 6.50. The second-order valence-electron chi connectivity index (χ2n) is 7.74. The Morgan fingerprint density at radius 2 is 2.04 bits per heavy atom. The Morgan fingerprint density at radius 1 is 1.26 bits per heavy atom. The van der Waals surface area contributed by atoms with Gasteiger partial charge in [-0.2, -0.15) is 0 Å². The molecule has 144 valence electrons. The fraction of sp³-hybridized carbons (Fsp3) is 0.450. The molecule has 7 heteroatoms. The number of rotatable bonds is 3. The third-order valence-corrected chi connectivity index (χ3v) is 4.39. The van der Waals surface area contributed by atoms with Gasteiger partial charge in [0.2, 0.25) is 5.91 Å². The van der Waals surface area contributed by atoms with Crippen LogP contribution in [0.4, 0.5) is 10.5 Å². The number of ether oxygens (including phenoxy) is 1. The molecule has 1 aromatic carbocycles. The lowest BCUT2D eigenvalue weighted by Gasteiger charge is -2.33. The quantitative estimate of drug-likeness (QED) is 0.898. The largest absolute Gasteiger partial charge is 0.444 e. The Balaban J connectivity index is 1.67. The molecule has 1 saturated heterocycles. The van der Waals surface area contributed by atoms with Gasteiger partial charge in [-0.3, -0.25) is 4.79 Å². The van der Waals surface area contributed by atoms with Crippen LogP contribution in [0.1, 0.15) is 33.6 Å². The van der Waals surface area contributed by atoms with Crippen molar-refractivity contribution in [2.24, 2.45) is 5.92 Å². The number of aromatic nitrogens is 2. The highest BCUT2D eigenvalue weighted by Gasteiger charge is 2.31. The predicted molar refractivity (Wildman–Crippen MR) is 103 cm³/mol. The summed E-state index contributed by atoms with van der Waals surface area (Å²) in [6, 6.07) is 7.58. The number of imidazole rings is 1. The van der Waals surface area contributed by atoms with Crippen LogP contribution in [0.5, 0.6) is 0 Å². The first-order chi connectivity index (χ1) is 12.8. The molecule has 1 N–H and O–H groups in total. The minimum atomic E-state index is -0.546. The van der Waals surface area contributed by atoms with Crippen LogP contribution in [0, 0.1) is 5.92 Å². The van der Waals surface area contributed by atoms with Gasteiger partial charge in [0.1, 0.15) is 5.60 Å². The van der Waals surface area contributed by atoms with E-state index in [9.17, 15) is 9.59 Å². The zero-order valence-electron chi connectivity index (χ0n) is 16.0. The van der Waals surface area contributed by atoms with Crippen LogP contribution >= 0.6 is 0 Å². The molecular formula is C20H26N4O3. The van der Waals surface area contributed by atoms with Gasteiger partial charge in [-0.1, -0.05) is 12.1 Å². The highest BCUT2D eigenvalue weighted by molar-refractivity contribution is 5.95.